The van der Waals surface area contributed by atoms with E-state index in [0.717, 1.165) is 49.7 Å². The van der Waals surface area contributed by atoms with Crippen LogP contribution in [0.15, 0.2) is 67.3 Å². The predicted molar refractivity (Wildman–Crippen MR) is 123 cm³/mol. The maximum Gasteiger partial charge on any atom is 0.318 e. The zero-order valence-corrected chi connectivity index (χ0v) is 18.6. The van der Waals surface area contributed by atoms with E-state index >= 15 is 0 Å². The molecule has 2 atom stereocenters. The zero-order chi connectivity index (χ0) is 22.3. The molecule has 3 aromatic rings. The highest BCUT2D eigenvalue weighted by Crippen LogP contribution is 2.22. The molecule has 0 spiro atoms. The molecule has 1 fully saturated rings. The van der Waals surface area contributed by atoms with E-state index in [9.17, 15) is 4.79 Å². The van der Waals surface area contributed by atoms with E-state index in [1.54, 1.807) is 15.9 Å². The number of carbonyl (C=O) groups excluding carboxylic acids is 1. The van der Waals surface area contributed by atoms with Crippen LogP contribution in [-0.2, 0) is 4.74 Å². The van der Waals surface area contributed by atoms with Gasteiger partial charge in [0.25, 0.3) is 0 Å². The monoisotopic (exact) mass is 434 g/mol. The lowest BCUT2D eigenvalue weighted by molar-refractivity contribution is 0.0336. The molecular formula is C24H30N6O2. The number of nitrogens with zero attached hydrogens (tertiary/aromatic N) is 5. The number of amides is 2. The third-order valence-corrected chi connectivity index (χ3v) is 6.00. The molecule has 1 aromatic heterocycles. The molecule has 8 nitrogen and oxygen atoms in total. The van der Waals surface area contributed by atoms with Crippen LogP contribution in [-0.4, -0.2) is 70.5 Å². The van der Waals surface area contributed by atoms with Crippen LogP contribution in [0.4, 0.5) is 4.79 Å². The summed E-state index contributed by atoms with van der Waals surface area (Å²) in [4.78, 5) is 21.3. The summed E-state index contributed by atoms with van der Waals surface area (Å²) in [7, 11) is 1.84. The minimum Gasteiger partial charge on any atom is -0.379 e. The lowest BCUT2D eigenvalue weighted by atomic mass is 10.1. The summed E-state index contributed by atoms with van der Waals surface area (Å²) in [6.45, 7) is 6.01. The van der Waals surface area contributed by atoms with Gasteiger partial charge in [-0.25, -0.2) is 14.5 Å². The number of aromatic nitrogens is 3. The van der Waals surface area contributed by atoms with Crippen LogP contribution < -0.4 is 5.32 Å². The fourth-order valence-electron chi connectivity index (χ4n) is 3.86. The van der Waals surface area contributed by atoms with Crippen LogP contribution >= 0.6 is 0 Å². The number of rotatable bonds is 7. The number of hydrogen-bond acceptors (Lipinski definition) is 5. The van der Waals surface area contributed by atoms with Crippen molar-refractivity contribution in [2.24, 2.45) is 0 Å². The smallest absolute Gasteiger partial charge is 0.318 e. The Balaban J connectivity index is 1.43. The number of hydrogen-bond donors (Lipinski definition) is 1. The normalized spacial score (nSPS) is 16.3. The quantitative estimate of drug-likeness (QED) is 0.619. The Bertz CT molecular complexity index is 971. The second kappa shape index (κ2) is 10.4. The van der Waals surface area contributed by atoms with Crippen LogP contribution in [0.25, 0.3) is 5.69 Å². The number of benzene rings is 2. The van der Waals surface area contributed by atoms with Gasteiger partial charge in [0, 0.05) is 26.7 Å². The number of nitrogens with one attached hydrogen (secondary N) is 1. The van der Waals surface area contributed by atoms with Gasteiger partial charge in [0.15, 0.2) is 0 Å². The van der Waals surface area contributed by atoms with Crippen molar-refractivity contribution in [1.29, 1.82) is 0 Å². The van der Waals surface area contributed by atoms with Crippen molar-refractivity contribution < 1.29 is 9.53 Å². The van der Waals surface area contributed by atoms with E-state index in [-0.39, 0.29) is 18.1 Å². The van der Waals surface area contributed by atoms with Gasteiger partial charge in [-0.15, -0.1) is 0 Å². The van der Waals surface area contributed by atoms with Crippen LogP contribution in [0.3, 0.4) is 0 Å². The van der Waals surface area contributed by atoms with E-state index in [0.29, 0.717) is 0 Å². The van der Waals surface area contributed by atoms with E-state index in [2.05, 4.69) is 32.4 Å². The highest BCUT2D eigenvalue weighted by molar-refractivity contribution is 5.75. The number of ether oxygens (including phenoxy) is 1. The molecule has 1 aliphatic heterocycles. The first-order chi connectivity index (χ1) is 15.6. The molecule has 168 valence electrons. The SMILES string of the molecule is CC(c1ccc(-n2cncn2)cc1)N(C)C(=O)NC(CN1CCOCC1)c1ccccc1. The number of urea groups is 1. The second-order valence-electron chi connectivity index (χ2n) is 8.04. The maximum atomic E-state index is 13.2. The van der Waals surface area contributed by atoms with E-state index in [1.165, 1.54) is 6.33 Å². The van der Waals surface area contributed by atoms with Gasteiger partial charge in [0.1, 0.15) is 12.7 Å². The Morgan fingerprint density at radius 2 is 1.81 bits per heavy atom. The van der Waals surface area contributed by atoms with E-state index < -0.39 is 0 Å². The molecule has 4 rings (SSSR count). The third-order valence-electron chi connectivity index (χ3n) is 6.00. The largest absolute Gasteiger partial charge is 0.379 e. The molecule has 2 unspecified atom stereocenters. The Morgan fingerprint density at radius 3 is 2.47 bits per heavy atom. The van der Waals surface area contributed by atoms with Crippen molar-refractivity contribution >= 4 is 6.03 Å². The summed E-state index contributed by atoms with van der Waals surface area (Å²) in [6, 6.07) is 17.9. The van der Waals surface area contributed by atoms with Crippen LogP contribution in [0.5, 0.6) is 0 Å². The fourth-order valence-corrected chi connectivity index (χ4v) is 3.86. The van der Waals surface area contributed by atoms with Crippen LogP contribution in [0.1, 0.15) is 30.1 Å². The van der Waals surface area contributed by atoms with E-state index in [4.69, 9.17) is 4.74 Å². The van der Waals surface area contributed by atoms with Crippen molar-refractivity contribution in [2.45, 2.75) is 19.0 Å². The highest BCUT2D eigenvalue weighted by Gasteiger charge is 2.24. The van der Waals surface area contributed by atoms with Crippen molar-refractivity contribution in [3.05, 3.63) is 78.4 Å². The Morgan fingerprint density at radius 1 is 1.09 bits per heavy atom. The molecule has 2 heterocycles. The third kappa shape index (κ3) is 5.33. The maximum absolute atomic E-state index is 13.2. The Kier molecular flexibility index (Phi) is 7.14. The molecule has 8 heteroatoms. The van der Waals surface area contributed by atoms with Crippen molar-refractivity contribution in [3.8, 4) is 5.69 Å². The summed E-state index contributed by atoms with van der Waals surface area (Å²) in [6.07, 6.45) is 3.17. The molecule has 2 amide bonds. The van der Waals surface area contributed by atoms with Gasteiger partial charge in [0.2, 0.25) is 0 Å². The summed E-state index contributed by atoms with van der Waals surface area (Å²) in [5.74, 6) is 0. The first kappa shape index (κ1) is 22.0. The molecule has 1 N–H and O–H groups in total. The minimum atomic E-state index is -0.0973. The molecule has 0 bridgehead atoms. The molecule has 0 saturated carbocycles. The molecule has 2 aromatic carbocycles. The molecular weight excluding hydrogens is 404 g/mol. The van der Waals surface area contributed by atoms with Gasteiger partial charge in [-0.05, 0) is 30.2 Å². The predicted octanol–water partition coefficient (Wildman–Crippen LogP) is 3.04. The van der Waals surface area contributed by atoms with Crippen LogP contribution in [0, 0.1) is 0 Å². The highest BCUT2D eigenvalue weighted by atomic mass is 16.5. The summed E-state index contributed by atoms with van der Waals surface area (Å²) in [5.41, 5.74) is 3.08. The second-order valence-corrected chi connectivity index (χ2v) is 8.04. The van der Waals surface area contributed by atoms with Gasteiger partial charge < -0.3 is 15.0 Å². The number of carbonyl (C=O) groups is 1. The van der Waals surface area contributed by atoms with Gasteiger partial charge >= 0.3 is 6.03 Å². The van der Waals surface area contributed by atoms with Crippen molar-refractivity contribution in [2.75, 3.05) is 39.9 Å². The average Bonchev–Trinajstić information content (AvgIpc) is 3.39. The van der Waals surface area contributed by atoms with Crippen molar-refractivity contribution in [3.63, 3.8) is 0 Å². The summed E-state index contributed by atoms with van der Waals surface area (Å²) in [5, 5.41) is 7.40. The summed E-state index contributed by atoms with van der Waals surface area (Å²) < 4.78 is 7.18. The Hall–Kier alpha value is -3.23. The molecule has 0 radical (unpaired) electrons. The van der Waals surface area contributed by atoms with Gasteiger partial charge in [-0.3, -0.25) is 4.90 Å². The first-order valence-electron chi connectivity index (χ1n) is 10.9. The van der Waals surface area contributed by atoms with Gasteiger partial charge in [-0.2, -0.15) is 5.10 Å². The first-order valence-corrected chi connectivity index (χ1v) is 10.9. The van der Waals surface area contributed by atoms with Gasteiger partial charge in [0.05, 0.1) is 31.0 Å². The van der Waals surface area contributed by atoms with Crippen LogP contribution in [0.2, 0.25) is 0 Å². The topological polar surface area (TPSA) is 75.5 Å². The molecule has 1 aliphatic rings. The molecule has 32 heavy (non-hydrogen) atoms. The molecule has 1 saturated heterocycles. The number of morpholine rings is 1. The lowest BCUT2D eigenvalue weighted by Crippen LogP contribution is -2.46. The standard InChI is InChI=1S/C24H30N6O2/c1-19(20-8-10-22(11-9-20)30-18-25-17-26-30)28(2)24(31)27-23(21-6-4-3-5-7-21)16-29-12-14-32-15-13-29/h3-11,17-19,23H,12-16H2,1-2H3,(H,27,31). The molecule has 0 aliphatic carbocycles. The summed E-state index contributed by atoms with van der Waals surface area (Å²) >= 11 is 0. The minimum absolute atomic E-state index is 0.0837. The lowest BCUT2D eigenvalue weighted by Gasteiger charge is -2.33. The van der Waals surface area contributed by atoms with Crippen molar-refractivity contribution in [1.82, 2.24) is 29.9 Å². The fraction of sp³-hybridized carbons (Fsp3) is 0.375. The van der Waals surface area contributed by atoms with Gasteiger partial charge in [-0.1, -0.05) is 42.5 Å². The van der Waals surface area contributed by atoms with E-state index in [1.807, 2.05) is 56.4 Å². The Labute approximate surface area is 188 Å². The average molecular weight is 435 g/mol. The zero-order valence-electron chi connectivity index (χ0n) is 18.6.